The molecule has 6 nitrogen and oxygen atoms in total. The molecule has 1 unspecified atom stereocenters. The minimum atomic E-state index is -1.04. The molecule has 1 atom stereocenters. The van der Waals surface area contributed by atoms with Crippen LogP contribution >= 0.6 is 0 Å². The first-order valence-corrected chi connectivity index (χ1v) is 7.26. The van der Waals surface area contributed by atoms with Gasteiger partial charge in [0.2, 0.25) is 11.8 Å². The molecular weight excluding hydrogens is 260 g/mol. The molecule has 0 bridgehead atoms. The third-order valence-electron chi connectivity index (χ3n) is 3.59. The highest BCUT2D eigenvalue weighted by Crippen LogP contribution is 2.24. The third-order valence-corrected chi connectivity index (χ3v) is 3.59. The molecular formula is C14H24N2O4. The van der Waals surface area contributed by atoms with Gasteiger partial charge in [-0.2, -0.15) is 0 Å². The maximum atomic E-state index is 12.2. The van der Waals surface area contributed by atoms with E-state index in [4.69, 9.17) is 5.11 Å². The van der Waals surface area contributed by atoms with Gasteiger partial charge in [-0.25, -0.2) is 0 Å². The van der Waals surface area contributed by atoms with Crippen LogP contribution in [0.2, 0.25) is 0 Å². The third kappa shape index (κ3) is 4.83. The zero-order chi connectivity index (χ0) is 15.1. The monoisotopic (exact) mass is 284 g/mol. The Morgan fingerprint density at radius 3 is 2.40 bits per heavy atom. The molecule has 0 radical (unpaired) electrons. The molecule has 0 aromatic heterocycles. The van der Waals surface area contributed by atoms with Crippen LogP contribution in [0, 0.1) is 5.92 Å². The second-order valence-corrected chi connectivity index (χ2v) is 5.37. The number of carbonyl (C=O) groups excluding carboxylic acids is 2. The number of nitrogens with one attached hydrogen (secondary N) is 1. The quantitative estimate of drug-likeness (QED) is 0.730. The van der Waals surface area contributed by atoms with Crippen molar-refractivity contribution in [2.45, 2.75) is 52.0 Å². The minimum Gasteiger partial charge on any atom is -0.480 e. The van der Waals surface area contributed by atoms with Crippen molar-refractivity contribution < 1.29 is 19.5 Å². The van der Waals surface area contributed by atoms with Gasteiger partial charge in [-0.05, 0) is 26.2 Å². The Kier molecular flexibility index (Phi) is 6.48. The van der Waals surface area contributed by atoms with E-state index in [9.17, 15) is 14.4 Å². The van der Waals surface area contributed by atoms with Crippen molar-refractivity contribution in [3.05, 3.63) is 0 Å². The van der Waals surface area contributed by atoms with Gasteiger partial charge >= 0.3 is 5.97 Å². The molecule has 0 saturated heterocycles. The Balaban J connectivity index is 2.54. The van der Waals surface area contributed by atoms with Crippen molar-refractivity contribution in [2.24, 2.45) is 5.92 Å². The molecule has 1 fully saturated rings. The molecule has 1 saturated carbocycles. The summed E-state index contributed by atoms with van der Waals surface area (Å²) in [6.07, 6.45) is 4.55. The van der Waals surface area contributed by atoms with Gasteiger partial charge in [-0.3, -0.25) is 14.4 Å². The maximum absolute atomic E-state index is 12.2. The van der Waals surface area contributed by atoms with Gasteiger partial charge in [-0.1, -0.05) is 19.8 Å². The summed E-state index contributed by atoms with van der Waals surface area (Å²) in [5, 5.41) is 11.5. The molecule has 20 heavy (non-hydrogen) atoms. The normalized spacial score (nSPS) is 16.7. The SMILES string of the molecule is CCCN(CC(=O)O)C(=O)C(C)NC(=O)C1CCCC1. The summed E-state index contributed by atoms with van der Waals surface area (Å²) in [6.45, 7) is 3.55. The fourth-order valence-corrected chi connectivity index (χ4v) is 2.56. The van der Waals surface area contributed by atoms with E-state index in [0.717, 1.165) is 25.7 Å². The number of carboxylic acid groups (broad SMARTS) is 1. The molecule has 0 spiro atoms. The summed E-state index contributed by atoms with van der Waals surface area (Å²) in [5.74, 6) is -1.46. The van der Waals surface area contributed by atoms with Crippen LogP contribution in [0.15, 0.2) is 0 Å². The predicted octanol–water partition coefficient (Wildman–Crippen LogP) is 1.00. The average Bonchev–Trinajstić information content (AvgIpc) is 2.90. The highest BCUT2D eigenvalue weighted by Gasteiger charge is 2.27. The first kappa shape index (κ1) is 16.5. The standard InChI is InChI=1S/C14H24N2O4/c1-3-8-16(9-12(17)18)14(20)10(2)15-13(19)11-6-4-5-7-11/h10-11H,3-9H2,1-2H3,(H,15,19)(H,17,18). The van der Waals surface area contributed by atoms with Crippen LogP contribution in [0.3, 0.4) is 0 Å². The Morgan fingerprint density at radius 1 is 1.30 bits per heavy atom. The molecule has 0 heterocycles. The molecule has 2 N–H and O–H groups in total. The molecule has 1 rings (SSSR count). The van der Waals surface area contributed by atoms with Crippen molar-refractivity contribution in [2.75, 3.05) is 13.1 Å². The Hall–Kier alpha value is -1.59. The molecule has 6 heteroatoms. The number of aliphatic carboxylic acids is 1. The van der Waals surface area contributed by atoms with E-state index in [-0.39, 0.29) is 24.3 Å². The fourth-order valence-electron chi connectivity index (χ4n) is 2.56. The number of amides is 2. The topological polar surface area (TPSA) is 86.7 Å². The lowest BCUT2D eigenvalue weighted by Crippen LogP contribution is -2.49. The summed E-state index contributed by atoms with van der Waals surface area (Å²) in [5.41, 5.74) is 0. The van der Waals surface area contributed by atoms with Gasteiger partial charge in [0.1, 0.15) is 12.6 Å². The number of hydrogen-bond donors (Lipinski definition) is 2. The smallest absolute Gasteiger partial charge is 0.323 e. The summed E-state index contributed by atoms with van der Waals surface area (Å²) < 4.78 is 0. The molecule has 0 aliphatic heterocycles. The van der Waals surface area contributed by atoms with E-state index in [1.165, 1.54) is 4.90 Å². The van der Waals surface area contributed by atoms with Crippen LogP contribution in [0.25, 0.3) is 0 Å². The van der Waals surface area contributed by atoms with Crippen molar-refractivity contribution in [1.29, 1.82) is 0 Å². The lowest BCUT2D eigenvalue weighted by atomic mass is 10.1. The number of rotatable bonds is 7. The van der Waals surface area contributed by atoms with Crippen LogP contribution < -0.4 is 5.32 Å². The van der Waals surface area contributed by atoms with Gasteiger partial charge in [0, 0.05) is 12.5 Å². The number of carbonyl (C=O) groups is 3. The summed E-state index contributed by atoms with van der Waals surface area (Å²) in [6, 6.07) is -0.672. The fraction of sp³-hybridized carbons (Fsp3) is 0.786. The molecule has 1 aliphatic rings. The zero-order valence-electron chi connectivity index (χ0n) is 12.2. The van der Waals surface area contributed by atoms with E-state index in [1.807, 2.05) is 6.92 Å². The number of hydrogen-bond acceptors (Lipinski definition) is 3. The highest BCUT2D eigenvalue weighted by molar-refractivity contribution is 5.89. The minimum absolute atomic E-state index is 0.00403. The van der Waals surface area contributed by atoms with Crippen molar-refractivity contribution in [1.82, 2.24) is 10.2 Å². The van der Waals surface area contributed by atoms with Crippen molar-refractivity contribution in [3.63, 3.8) is 0 Å². The van der Waals surface area contributed by atoms with Crippen LogP contribution in [0.5, 0.6) is 0 Å². The second-order valence-electron chi connectivity index (χ2n) is 5.37. The lowest BCUT2D eigenvalue weighted by Gasteiger charge is -2.25. The predicted molar refractivity (Wildman–Crippen MR) is 74.1 cm³/mol. The first-order valence-electron chi connectivity index (χ1n) is 7.26. The van der Waals surface area contributed by atoms with Gasteiger partial charge in [0.05, 0.1) is 0 Å². The summed E-state index contributed by atoms with van der Waals surface area (Å²) >= 11 is 0. The van der Waals surface area contributed by atoms with Gasteiger partial charge in [0.15, 0.2) is 0 Å². The first-order chi connectivity index (χ1) is 9.45. The van der Waals surface area contributed by atoms with E-state index in [1.54, 1.807) is 6.92 Å². The number of nitrogens with zero attached hydrogens (tertiary/aromatic N) is 1. The van der Waals surface area contributed by atoms with Crippen LogP contribution in [-0.2, 0) is 14.4 Å². The summed E-state index contributed by atoms with van der Waals surface area (Å²) in [7, 11) is 0. The highest BCUT2D eigenvalue weighted by atomic mass is 16.4. The summed E-state index contributed by atoms with van der Waals surface area (Å²) in [4.78, 5) is 36.2. The Bertz CT molecular complexity index is 364. The Morgan fingerprint density at radius 2 is 1.90 bits per heavy atom. The van der Waals surface area contributed by atoms with E-state index < -0.39 is 12.0 Å². The molecule has 0 aromatic rings. The van der Waals surface area contributed by atoms with Gasteiger partial charge in [-0.15, -0.1) is 0 Å². The number of carboxylic acids is 1. The average molecular weight is 284 g/mol. The van der Waals surface area contributed by atoms with E-state index in [2.05, 4.69) is 5.32 Å². The second kappa shape index (κ2) is 7.87. The van der Waals surface area contributed by atoms with E-state index >= 15 is 0 Å². The van der Waals surface area contributed by atoms with Crippen LogP contribution in [0.1, 0.15) is 46.0 Å². The maximum Gasteiger partial charge on any atom is 0.323 e. The van der Waals surface area contributed by atoms with Crippen molar-refractivity contribution >= 4 is 17.8 Å². The van der Waals surface area contributed by atoms with Gasteiger partial charge < -0.3 is 15.3 Å². The molecule has 1 aliphatic carbocycles. The lowest BCUT2D eigenvalue weighted by molar-refractivity contribution is -0.145. The molecule has 114 valence electrons. The van der Waals surface area contributed by atoms with Gasteiger partial charge in [0.25, 0.3) is 0 Å². The largest absolute Gasteiger partial charge is 0.480 e. The molecule has 2 amide bonds. The van der Waals surface area contributed by atoms with Crippen molar-refractivity contribution in [3.8, 4) is 0 Å². The molecule has 0 aromatic carbocycles. The van der Waals surface area contributed by atoms with Crippen LogP contribution in [-0.4, -0.2) is 46.9 Å². The zero-order valence-corrected chi connectivity index (χ0v) is 12.2. The van der Waals surface area contributed by atoms with Crippen LogP contribution in [0.4, 0.5) is 0 Å². The Labute approximate surface area is 119 Å². The van der Waals surface area contributed by atoms with E-state index in [0.29, 0.717) is 13.0 Å².